The molecular formula is C15H18O3. The Labute approximate surface area is 108 Å². The molecule has 0 aliphatic carbocycles. The zero-order chi connectivity index (χ0) is 13.4. The molecule has 0 amide bonds. The van der Waals surface area contributed by atoms with E-state index in [0.29, 0.717) is 19.3 Å². The highest BCUT2D eigenvalue weighted by atomic mass is 16.5. The van der Waals surface area contributed by atoms with Crippen molar-refractivity contribution in [1.82, 2.24) is 0 Å². The maximum atomic E-state index is 11.1. The van der Waals surface area contributed by atoms with Gasteiger partial charge in [-0.2, -0.15) is 0 Å². The number of hydrogen-bond acceptors (Lipinski definition) is 3. The number of esters is 1. The molecule has 1 rings (SSSR count). The fraction of sp³-hybridized carbons (Fsp3) is 0.400. The Morgan fingerprint density at radius 1 is 1.39 bits per heavy atom. The van der Waals surface area contributed by atoms with Crippen LogP contribution < -0.4 is 0 Å². The highest BCUT2D eigenvalue weighted by Crippen LogP contribution is 2.24. The van der Waals surface area contributed by atoms with Crippen molar-refractivity contribution in [3.05, 3.63) is 35.9 Å². The Balaban J connectivity index is 2.63. The molecule has 0 saturated carbocycles. The lowest BCUT2D eigenvalue weighted by atomic mass is 10.0. The number of carbonyl (C=O) groups is 1. The van der Waals surface area contributed by atoms with Crippen molar-refractivity contribution in [3.8, 4) is 12.3 Å². The summed E-state index contributed by atoms with van der Waals surface area (Å²) in [7, 11) is 0. The highest BCUT2D eigenvalue weighted by Gasteiger charge is 2.16. The summed E-state index contributed by atoms with van der Waals surface area (Å²) in [6.45, 7) is 1.38. The first-order chi connectivity index (χ1) is 8.63. The maximum Gasteiger partial charge on any atom is 0.303 e. The number of aliphatic hydroxyl groups is 1. The van der Waals surface area contributed by atoms with Gasteiger partial charge < -0.3 is 9.84 Å². The Hall–Kier alpha value is -1.79. The normalized spacial score (nSPS) is 13.4. The van der Waals surface area contributed by atoms with E-state index in [0.717, 1.165) is 5.56 Å². The molecule has 3 heteroatoms. The number of benzene rings is 1. The topological polar surface area (TPSA) is 46.5 Å². The third-order valence-electron chi connectivity index (χ3n) is 2.60. The minimum absolute atomic E-state index is 0.321. The molecule has 0 aliphatic rings. The number of aliphatic hydroxyl groups excluding tert-OH is 1. The predicted molar refractivity (Wildman–Crippen MR) is 69.6 cm³/mol. The highest BCUT2D eigenvalue weighted by molar-refractivity contribution is 5.66. The van der Waals surface area contributed by atoms with Gasteiger partial charge in [0.2, 0.25) is 0 Å². The van der Waals surface area contributed by atoms with E-state index in [1.807, 2.05) is 30.3 Å². The number of carbonyl (C=O) groups excluding carboxylic acids is 1. The van der Waals surface area contributed by atoms with Crippen LogP contribution in [-0.4, -0.2) is 17.2 Å². The smallest absolute Gasteiger partial charge is 0.303 e. The molecule has 0 saturated heterocycles. The van der Waals surface area contributed by atoms with Gasteiger partial charge in [0.1, 0.15) is 6.10 Å². The van der Waals surface area contributed by atoms with E-state index in [9.17, 15) is 9.90 Å². The summed E-state index contributed by atoms with van der Waals surface area (Å²) in [6, 6.07) is 9.50. The lowest BCUT2D eigenvalue weighted by Gasteiger charge is -2.18. The summed E-state index contributed by atoms with van der Waals surface area (Å²) in [5, 5.41) is 9.60. The molecule has 2 unspecified atom stereocenters. The fourth-order valence-electron chi connectivity index (χ4n) is 1.74. The molecule has 1 N–H and O–H groups in total. The van der Waals surface area contributed by atoms with Crippen LogP contribution in [-0.2, 0) is 9.53 Å². The summed E-state index contributed by atoms with van der Waals surface area (Å²) in [5.74, 6) is 2.09. The van der Waals surface area contributed by atoms with E-state index < -0.39 is 6.10 Å². The molecule has 0 fully saturated rings. The van der Waals surface area contributed by atoms with E-state index >= 15 is 0 Å². The number of terminal acetylenes is 1. The quantitative estimate of drug-likeness (QED) is 0.619. The minimum atomic E-state index is -0.545. The average Bonchev–Trinajstić information content (AvgIpc) is 2.35. The Morgan fingerprint density at radius 3 is 2.61 bits per heavy atom. The monoisotopic (exact) mass is 246 g/mol. The van der Waals surface area contributed by atoms with E-state index in [2.05, 4.69) is 5.92 Å². The van der Waals surface area contributed by atoms with Crippen LogP contribution in [0.1, 0.15) is 37.9 Å². The van der Waals surface area contributed by atoms with Crippen LogP contribution in [0, 0.1) is 12.3 Å². The van der Waals surface area contributed by atoms with Crippen molar-refractivity contribution in [3.63, 3.8) is 0 Å². The van der Waals surface area contributed by atoms with Crippen LogP contribution in [0.3, 0.4) is 0 Å². The van der Waals surface area contributed by atoms with Crippen molar-refractivity contribution in [2.24, 2.45) is 0 Å². The van der Waals surface area contributed by atoms with Crippen molar-refractivity contribution >= 4 is 5.97 Å². The van der Waals surface area contributed by atoms with Crippen LogP contribution in [0.15, 0.2) is 30.3 Å². The average molecular weight is 246 g/mol. The lowest BCUT2D eigenvalue weighted by Crippen LogP contribution is -2.13. The zero-order valence-corrected chi connectivity index (χ0v) is 10.5. The second-order valence-electron chi connectivity index (χ2n) is 4.15. The molecule has 2 atom stereocenters. The summed E-state index contributed by atoms with van der Waals surface area (Å²) >= 11 is 0. The number of hydrogen-bond donors (Lipinski definition) is 1. The van der Waals surface area contributed by atoms with Gasteiger partial charge in [0.05, 0.1) is 6.10 Å². The summed E-state index contributed by atoms with van der Waals surface area (Å²) in [5.41, 5.74) is 0.931. The van der Waals surface area contributed by atoms with Crippen molar-refractivity contribution in [2.75, 3.05) is 0 Å². The number of rotatable bonds is 6. The molecule has 0 aliphatic heterocycles. The predicted octanol–water partition coefficient (Wildman–Crippen LogP) is 2.46. The van der Waals surface area contributed by atoms with E-state index in [4.69, 9.17) is 11.2 Å². The van der Waals surface area contributed by atoms with E-state index in [1.165, 1.54) is 6.92 Å². The molecule has 1 aromatic carbocycles. The molecule has 18 heavy (non-hydrogen) atoms. The van der Waals surface area contributed by atoms with Crippen molar-refractivity contribution in [2.45, 2.75) is 38.4 Å². The summed E-state index contributed by atoms with van der Waals surface area (Å²) < 4.78 is 5.26. The summed E-state index contributed by atoms with van der Waals surface area (Å²) in [4.78, 5) is 11.1. The van der Waals surface area contributed by atoms with Gasteiger partial charge in [-0.1, -0.05) is 30.3 Å². The first-order valence-corrected chi connectivity index (χ1v) is 5.97. The van der Waals surface area contributed by atoms with Gasteiger partial charge in [-0.15, -0.1) is 12.3 Å². The van der Waals surface area contributed by atoms with E-state index in [1.54, 1.807) is 0 Å². The molecule has 0 heterocycles. The third kappa shape index (κ3) is 5.03. The van der Waals surface area contributed by atoms with Crippen molar-refractivity contribution < 1.29 is 14.6 Å². The van der Waals surface area contributed by atoms with Gasteiger partial charge in [0.25, 0.3) is 0 Å². The van der Waals surface area contributed by atoms with Crippen molar-refractivity contribution in [1.29, 1.82) is 0 Å². The molecule has 0 radical (unpaired) electrons. The van der Waals surface area contributed by atoms with Gasteiger partial charge in [-0.25, -0.2) is 0 Å². The van der Waals surface area contributed by atoms with Crippen LogP contribution in [0.4, 0.5) is 0 Å². The SMILES string of the molecule is C#CCC(O)CCC(OC(C)=O)c1ccccc1. The van der Waals surface area contributed by atoms with Gasteiger partial charge >= 0.3 is 5.97 Å². The third-order valence-corrected chi connectivity index (χ3v) is 2.60. The Bertz CT molecular complexity index is 405. The van der Waals surface area contributed by atoms with Gasteiger partial charge in [0, 0.05) is 13.3 Å². The van der Waals surface area contributed by atoms with Gasteiger partial charge in [0.15, 0.2) is 0 Å². The largest absolute Gasteiger partial charge is 0.458 e. The van der Waals surface area contributed by atoms with Crippen LogP contribution in [0.5, 0.6) is 0 Å². The summed E-state index contributed by atoms with van der Waals surface area (Å²) in [6.07, 6.45) is 5.66. The van der Waals surface area contributed by atoms with E-state index in [-0.39, 0.29) is 12.1 Å². The molecule has 0 aromatic heterocycles. The Kier molecular flexibility index (Phi) is 5.96. The first-order valence-electron chi connectivity index (χ1n) is 5.97. The first kappa shape index (κ1) is 14.3. The Morgan fingerprint density at radius 2 is 2.06 bits per heavy atom. The molecule has 0 spiro atoms. The minimum Gasteiger partial charge on any atom is -0.458 e. The van der Waals surface area contributed by atoms with Crippen LogP contribution in [0.2, 0.25) is 0 Å². The molecule has 96 valence electrons. The molecular weight excluding hydrogens is 228 g/mol. The van der Waals surface area contributed by atoms with Crippen LogP contribution in [0.25, 0.3) is 0 Å². The number of ether oxygens (including phenoxy) is 1. The fourth-order valence-corrected chi connectivity index (χ4v) is 1.74. The zero-order valence-electron chi connectivity index (χ0n) is 10.5. The van der Waals surface area contributed by atoms with Gasteiger partial charge in [-0.05, 0) is 18.4 Å². The second kappa shape index (κ2) is 7.52. The second-order valence-corrected chi connectivity index (χ2v) is 4.15. The lowest BCUT2D eigenvalue weighted by molar-refractivity contribution is -0.147. The molecule has 0 bridgehead atoms. The van der Waals surface area contributed by atoms with Gasteiger partial charge in [-0.3, -0.25) is 4.79 Å². The molecule has 1 aromatic rings. The van der Waals surface area contributed by atoms with Crippen LogP contribution >= 0.6 is 0 Å². The standard InChI is InChI=1S/C15H18O3/c1-3-7-14(17)10-11-15(18-12(2)16)13-8-5-4-6-9-13/h1,4-6,8-9,14-15,17H,7,10-11H2,2H3. The maximum absolute atomic E-state index is 11.1. The molecule has 3 nitrogen and oxygen atoms in total.